The van der Waals surface area contributed by atoms with Crippen LogP contribution in [-0.4, -0.2) is 35.3 Å². The van der Waals surface area contributed by atoms with Gasteiger partial charge < -0.3 is 10.6 Å². The molecule has 1 aliphatic heterocycles. The molecule has 5 nitrogen and oxygen atoms in total. The summed E-state index contributed by atoms with van der Waals surface area (Å²) in [5.41, 5.74) is 1.46. The first-order valence-corrected chi connectivity index (χ1v) is 7.95. The number of piperidine rings is 1. The minimum Gasteiger partial charge on any atom is -0.352 e. The topological polar surface area (TPSA) is 59.0 Å². The second-order valence-corrected chi connectivity index (χ2v) is 5.93. The third kappa shape index (κ3) is 3.42. The molecule has 0 aliphatic carbocycles. The fraction of sp³-hybridized carbons (Fsp3) is 0.412. The van der Waals surface area contributed by atoms with Gasteiger partial charge in [0.1, 0.15) is 11.5 Å². The largest absolute Gasteiger partial charge is 0.352 e. The fourth-order valence-corrected chi connectivity index (χ4v) is 2.93. The Balaban J connectivity index is 1.71. The normalized spacial score (nSPS) is 17.9. The number of carbonyl (C=O) groups excluding carboxylic acids is 1. The van der Waals surface area contributed by atoms with Crippen molar-refractivity contribution in [1.82, 2.24) is 20.4 Å². The van der Waals surface area contributed by atoms with E-state index in [1.165, 1.54) is 16.9 Å². The summed E-state index contributed by atoms with van der Waals surface area (Å²) < 4.78 is 15.4. The number of nitrogens with zero attached hydrogens (tertiary/aromatic N) is 2. The minimum absolute atomic E-state index is 0.157. The van der Waals surface area contributed by atoms with E-state index in [9.17, 15) is 9.18 Å². The van der Waals surface area contributed by atoms with E-state index in [2.05, 4.69) is 15.7 Å². The lowest BCUT2D eigenvalue weighted by Gasteiger charge is -2.22. The summed E-state index contributed by atoms with van der Waals surface area (Å²) in [5.74, 6) is -0.0516. The number of hydrogen-bond acceptors (Lipinski definition) is 3. The predicted octanol–water partition coefficient (Wildman–Crippen LogP) is 2.05. The van der Waals surface area contributed by atoms with Crippen molar-refractivity contribution >= 4 is 5.91 Å². The Kier molecular flexibility index (Phi) is 4.71. The van der Waals surface area contributed by atoms with Crippen LogP contribution < -0.4 is 10.6 Å². The zero-order valence-electron chi connectivity index (χ0n) is 13.2. The summed E-state index contributed by atoms with van der Waals surface area (Å²) >= 11 is 0. The van der Waals surface area contributed by atoms with E-state index in [1.807, 2.05) is 0 Å². The van der Waals surface area contributed by atoms with Crippen molar-refractivity contribution in [1.29, 1.82) is 0 Å². The van der Waals surface area contributed by atoms with Crippen LogP contribution >= 0.6 is 0 Å². The maximum absolute atomic E-state index is 13.9. The van der Waals surface area contributed by atoms with E-state index in [0.717, 1.165) is 25.9 Å². The molecule has 1 amide bonds. The third-order valence-electron chi connectivity index (χ3n) is 4.29. The maximum atomic E-state index is 13.9. The van der Waals surface area contributed by atoms with E-state index >= 15 is 0 Å². The van der Waals surface area contributed by atoms with Gasteiger partial charge in [0.2, 0.25) is 0 Å². The maximum Gasteiger partial charge on any atom is 0.254 e. The lowest BCUT2D eigenvalue weighted by atomic mass is 10.00. The van der Waals surface area contributed by atoms with Crippen LogP contribution in [0.15, 0.2) is 30.5 Å². The molecule has 2 heterocycles. The molecule has 2 N–H and O–H groups in total. The highest BCUT2D eigenvalue weighted by atomic mass is 19.1. The van der Waals surface area contributed by atoms with E-state index < -0.39 is 0 Å². The average Bonchev–Trinajstić information content (AvgIpc) is 2.95. The van der Waals surface area contributed by atoms with Crippen LogP contribution in [-0.2, 0) is 0 Å². The van der Waals surface area contributed by atoms with Gasteiger partial charge in [-0.1, -0.05) is 12.1 Å². The van der Waals surface area contributed by atoms with Crippen LogP contribution in [0.3, 0.4) is 0 Å². The lowest BCUT2D eigenvalue weighted by molar-refractivity contribution is 0.0944. The third-order valence-corrected chi connectivity index (χ3v) is 4.29. The zero-order chi connectivity index (χ0) is 16.2. The first-order valence-electron chi connectivity index (χ1n) is 7.95. The van der Waals surface area contributed by atoms with Crippen LogP contribution in [0.2, 0.25) is 0 Å². The Bertz CT molecular complexity index is 692. The van der Waals surface area contributed by atoms with E-state index in [-0.39, 0.29) is 11.7 Å². The monoisotopic (exact) mass is 316 g/mol. The molecule has 1 atom stereocenters. The molecular weight excluding hydrogens is 295 g/mol. The van der Waals surface area contributed by atoms with Crippen molar-refractivity contribution in [3.05, 3.63) is 47.5 Å². The van der Waals surface area contributed by atoms with Gasteiger partial charge in [0.15, 0.2) is 0 Å². The molecular formula is C17H21FN4O. The summed E-state index contributed by atoms with van der Waals surface area (Å²) in [6.45, 7) is 4.42. The van der Waals surface area contributed by atoms with Gasteiger partial charge in [-0.05, 0) is 50.9 Å². The van der Waals surface area contributed by atoms with Crippen molar-refractivity contribution in [2.24, 2.45) is 5.92 Å². The number of rotatable bonds is 4. The Morgan fingerprint density at radius 2 is 2.30 bits per heavy atom. The summed E-state index contributed by atoms with van der Waals surface area (Å²) in [6, 6.07) is 6.40. The quantitative estimate of drug-likeness (QED) is 0.907. The second kappa shape index (κ2) is 6.91. The van der Waals surface area contributed by atoms with Crippen LogP contribution in [0.4, 0.5) is 4.39 Å². The molecule has 2 aromatic rings. The highest BCUT2D eigenvalue weighted by Gasteiger charge is 2.18. The Hall–Kier alpha value is -2.21. The molecule has 3 rings (SSSR count). The summed E-state index contributed by atoms with van der Waals surface area (Å²) in [6.07, 6.45) is 3.77. The van der Waals surface area contributed by atoms with Gasteiger partial charge in [0.25, 0.3) is 5.91 Å². The minimum atomic E-state index is -0.362. The van der Waals surface area contributed by atoms with Crippen LogP contribution in [0.25, 0.3) is 5.69 Å². The van der Waals surface area contributed by atoms with Gasteiger partial charge in [0, 0.05) is 6.54 Å². The van der Waals surface area contributed by atoms with Gasteiger partial charge in [0.05, 0.1) is 17.5 Å². The number of para-hydroxylation sites is 1. The molecule has 0 saturated carbocycles. The number of benzene rings is 1. The first-order chi connectivity index (χ1) is 11.2. The van der Waals surface area contributed by atoms with Crippen LogP contribution in [0.1, 0.15) is 28.9 Å². The molecule has 1 saturated heterocycles. The SMILES string of the molecule is Cc1c(C(=O)NCC2CCCNC2)cnn1-c1ccccc1F. The second-order valence-electron chi connectivity index (χ2n) is 5.93. The van der Waals surface area contributed by atoms with E-state index in [4.69, 9.17) is 0 Å². The number of halogens is 1. The molecule has 1 aromatic carbocycles. The Morgan fingerprint density at radius 1 is 1.48 bits per heavy atom. The number of amides is 1. The molecule has 1 unspecified atom stereocenters. The molecule has 122 valence electrons. The van der Waals surface area contributed by atoms with Crippen molar-refractivity contribution in [2.45, 2.75) is 19.8 Å². The van der Waals surface area contributed by atoms with Crippen LogP contribution in [0.5, 0.6) is 0 Å². The van der Waals surface area contributed by atoms with Gasteiger partial charge in [-0.2, -0.15) is 5.10 Å². The standard InChI is InChI=1S/C17H21FN4O/c1-12-14(17(23)20-10-13-5-4-8-19-9-13)11-21-22(12)16-7-3-2-6-15(16)18/h2-3,6-7,11,13,19H,4-5,8-10H2,1H3,(H,20,23). The molecule has 1 fully saturated rings. The average molecular weight is 316 g/mol. The summed E-state index contributed by atoms with van der Waals surface area (Å²) in [5, 5.41) is 10.5. The van der Waals surface area contributed by atoms with Crippen LogP contribution in [0, 0.1) is 18.7 Å². The van der Waals surface area contributed by atoms with Crippen molar-refractivity contribution in [3.8, 4) is 5.69 Å². The summed E-state index contributed by atoms with van der Waals surface area (Å²) in [4.78, 5) is 12.4. The molecule has 6 heteroatoms. The van der Waals surface area contributed by atoms with Crippen molar-refractivity contribution in [3.63, 3.8) is 0 Å². The molecule has 0 spiro atoms. The van der Waals surface area contributed by atoms with Gasteiger partial charge in [-0.15, -0.1) is 0 Å². The Labute approximate surface area is 134 Å². The highest BCUT2D eigenvalue weighted by molar-refractivity contribution is 5.95. The molecule has 0 radical (unpaired) electrons. The highest BCUT2D eigenvalue weighted by Crippen LogP contribution is 2.17. The number of aromatic nitrogens is 2. The van der Waals surface area contributed by atoms with E-state index in [1.54, 1.807) is 25.1 Å². The predicted molar refractivity (Wildman–Crippen MR) is 86.2 cm³/mol. The van der Waals surface area contributed by atoms with E-state index in [0.29, 0.717) is 29.4 Å². The number of nitrogens with one attached hydrogen (secondary N) is 2. The fourth-order valence-electron chi connectivity index (χ4n) is 2.93. The summed E-state index contributed by atoms with van der Waals surface area (Å²) in [7, 11) is 0. The number of hydrogen-bond donors (Lipinski definition) is 2. The number of carbonyl (C=O) groups is 1. The first kappa shape index (κ1) is 15.7. The smallest absolute Gasteiger partial charge is 0.254 e. The van der Waals surface area contributed by atoms with Gasteiger partial charge in [-0.3, -0.25) is 4.79 Å². The molecule has 1 aromatic heterocycles. The van der Waals surface area contributed by atoms with Gasteiger partial charge >= 0.3 is 0 Å². The molecule has 1 aliphatic rings. The molecule has 23 heavy (non-hydrogen) atoms. The van der Waals surface area contributed by atoms with Crippen molar-refractivity contribution < 1.29 is 9.18 Å². The molecule has 0 bridgehead atoms. The Morgan fingerprint density at radius 3 is 3.04 bits per heavy atom. The van der Waals surface area contributed by atoms with Crippen molar-refractivity contribution in [2.75, 3.05) is 19.6 Å². The lowest BCUT2D eigenvalue weighted by Crippen LogP contribution is -2.38. The zero-order valence-corrected chi connectivity index (χ0v) is 13.2. The van der Waals surface area contributed by atoms with Gasteiger partial charge in [-0.25, -0.2) is 9.07 Å².